The van der Waals surface area contributed by atoms with E-state index in [-0.39, 0.29) is 6.03 Å². The van der Waals surface area contributed by atoms with Crippen LogP contribution in [0.4, 0.5) is 27.7 Å². The molecule has 2 amide bonds. The van der Waals surface area contributed by atoms with Crippen LogP contribution in [0.5, 0.6) is 0 Å². The number of urea groups is 1. The fourth-order valence-electron chi connectivity index (χ4n) is 4.57. The molecule has 0 saturated carbocycles. The van der Waals surface area contributed by atoms with E-state index in [0.717, 1.165) is 46.8 Å². The highest BCUT2D eigenvalue weighted by Gasteiger charge is 2.44. The first-order chi connectivity index (χ1) is 17.4. The highest BCUT2D eigenvalue weighted by Crippen LogP contribution is 2.61. The van der Waals surface area contributed by atoms with Gasteiger partial charge in [-0.05, 0) is 40.8 Å². The first kappa shape index (κ1) is 23.5. The number of tetrazole rings is 1. The summed E-state index contributed by atoms with van der Waals surface area (Å²) in [5.74, 6) is 1.83. The van der Waals surface area contributed by atoms with Gasteiger partial charge in [-0.15, -0.1) is 10.2 Å². The van der Waals surface area contributed by atoms with Crippen LogP contribution >= 0.6 is 0 Å². The minimum absolute atomic E-state index is 0.276. The van der Waals surface area contributed by atoms with Crippen LogP contribution in [0.3, 0.4) is 0 Å². The Morgan fingerprint density at radius 2 is 1.72 bits per heavy atom. The van der Waals surface area contributed by atoms with E-state index in [2.05, 4.69) is 81.7 Å². The molecule has 2 aromatic heterocycles. The quantitative estimate of drug-likeness (QED) is 0.311. The molecule has 0 fully saturated rings. The number of carbonyl (C=O) groups excluding carboxylic acids is 1. The molecule has 1 aliphatic heterocycles. The summed E-state index contributed by atoms with van der Waals surface area (Å²) in [5, 5.41) is 17.9. The van der Waals surface area contributed by atoms with Gasteiger partial charge in [0, 0.05) is 24.8 Å². The molecule has 184 valence electrons. The summed E-state index contributed by atoms with van der Waals surface area (Å²) in [4.78, 5) is 21.8. The summed E-state index contributed by atoms with van der Waals surface area (Å²) in [6.45, 7) is 10.6. The number of benzene rings is 2. The molecule has 0 bridgehead atoms. The van der Waals surface area contributed by atoms with Gasteiger partial charge in [-0.1, -0.05) is 64.1 Å². The Morgan fingerprint density at radius 1 is 1.00 bits per heavy atom. The van der Waals surface area contributed by atoms with Crippen LogP contribution < -0.4 is 15.1 Å². The third kappa shape index (κ3) is 4.64. The standard InChI is InChI=1S/C27H30N8O/c1-17(2)15-34(16-18(3)4)21-14-20(19-10-6-5-7-11-19)24-25(23(21)26-30-32-33-31-26)35(24)27(36)29-22-12-8-9-13-28-22/h5-14,17-18H,15-16H2,1-4H3,(H,28,29,36)(H,30,31,32,33). The molecule has 0 saturated heterocycles. The monoisotopic (exact) mass is 482 g/mol. The number of nitrogens with zero attached hydrogens (tertiary/aromatic N) is 6. The van der Waals surface area contributed by atoms with Crippen LogP contribution in [0, 0.1) is 11.8 Å². The molecule has 3 heterocycles. The lowest BCUT2D eigenvalue weighted by molar-refractivity contribution is 0.260. The molecular formula is C27H30N8O. The average Bonchev–Trinajstić information content (AvgIpc) is 3.36. The van der Waals surface area contributed by atoms with E-state index in [4.69, 9.17) is 0 Å². The maximum Gasteiger partial charge on any atom is 0.332 e. The largest absolute Gasteiger partial charge is 0.370 e. The van der Waals surface area contributed by atoms with Crippen molar-refractivity contribution in [1.82, 2.24) is 25.6 Å². The number of pyridine rings is 1. The Balaban J connectivity index is 1.68. The van der Waals surface area contributed by atoms with E-state index in [1.165, 1.54) is 0 Å². The Bertz CT molecular complexity index is 1330. The van der Waals surface area contributed by atoms with Crippen LogP contribution in [-0.4, -0.2) is 44.7 Å². The predicted molar refractivity (Wildman–Crippen MR) is 142 cm³/mol. The third-order valence-electron chi connectivity index (χ3n) is 5.92. The summed E-state index contributed by atoms with van der Waals surface area (Å²) >= 11 is 0. The number of hydrogen-bond acceptors (Lipinski definition) is 6. The van der Waals surface area contributed by atoms with Crippen molar-refractivity contribution in [2.24, 2.45) is 11.8 Å². The van der Waals surface area contributed by atoms with Crippen molar-refractivity contribution in [3.05, 3.63) is 60.8 Å². The van der Waals surface area contributed by atoms with Gasteiger partial charge in [0.05, 0.1) is 22.6 Å². The van der Waals surface area contributed by atoms with Crippen molar-refractivity contribution in [2.75, 3.05) is 28.2 Å². The number of nitrogens with one attached hydrogen (secondary N) is 2. The zero-order valence-corrected chi connectivity index (χ0v) is 20.9. The second-order valence-corrected chi connectivity index (χ2v) is 9.79. The molecule has 1 aliphatic rings. The zero-order chi connectivity index (χ0) is 25.2. The predicted octanol–water partition coefficient (Wildman–Crippen LogP) is 5.73. The lowest BCUT2D eigenvalue weighted by Gasteiger charge is -2.30. The number of rotatable bonds is 8. The number of aromatic nitrogens is 5. The van der Waals surface area contributed by atoms with E-state index in [9.17, 15) is 4.79 Å². The molecule has 9 heteroatoms. The van der Waals surface area contributed by atoms with Crippen molar-refractivity contribution in [3.8, 4) is 22.5 Å². The van der Waals surface area contributed by atoms with Crippen LogP contribution in [0.1, 0.15) is 27.7 Å². The van der Waals surface area contributed by atoms with E-state index in [1.54, 1.807) is 17.2 Å². The van der Waals surface area contributed by atoms with Crippen LogP contribution in [0.2, 0.25) is 0 Å². The van der Waals surface area contributed by atoms with E-state index in [0.29, 0.717) is 23.5 Å². The van der Waals surface area contributed by atoms with Crippen molar-refractivity contribution in [2.45, 2.75) is 27.7 Å². The van der Waals surface area contributed by atoms with E-state index in [1.807, 2.05) is 30.3 Å². The lowest BCUT2D eigenvalue weighted by Crippen LogP contribution is -2.31. The Kier molecular flexibility index (Phi) is 6.37. The fraction of sp³-hybridized carbons (Fsp3) is 0.296. The number of hydrogen-bond donors (Lipinski definition) is 2. The van der Waals surface area contributed by atoms with Gasteiger partial charge in [-0.25, -0.2) is 9.78 Å². The van der Waals surface area contributed by atoms with Crippen LogP contribution in [0.25, 0.3) is 22.5 Å². The first-order valence-corrected chi connectivity index (χ1v) is 12.2. The number of fused-ring (bicyclic) bond motifs is 1. The van der Waals surface area contributed by atoms with Gasteiger partial charge in [0.25, 0.3) is 0 Å². The average molecular weight is 483 g/mol. The van der Waals surface area contributed by atoms with Crippen molar-refractivity contribution < 1.29 is 4.79 Å². The molecule has 36 heavy (non-hydrogen) atoms. The van der Waals surface area contributed by atoms with Crippen LogP contribution in [0.15, 0.2) is 60.8 Å². The Hall–Kier alpha value is -4.27. The van der Waals surface area contributed by atoms with Gasteiger partial charge < -0.3 is 4.90 Å². The Morgan fingerprint density at radius 3 is 2.33 bits per heavy atom. The number of carbonyl (C=O) groups is 1. The molecule has 0 unspecified atom stereocenters. The highest BCUT2D eigenvalue weighted by molar-refractivity contribution is 6.28. The highest BCUT2D eigenvalue weighted by atomic mass is 16.2. The molecule has 5 rings (SSSR count). The molecule has 2 aromatic carbocycles. The molecule has 9 nitrogen and oxygen atoms in total. The number of anilines is 4. The van der Waals surface area contributed by atoms with E-state index >= 15 is 0 Å². The molecule has 0 atom stereocenters. The molecular weight excluding hydrogens is 452 g/mol. The van der Waals surface area contributed by atoms with E-state index < -0.39 is 0 Å². The van der Waals surface area contributed by atoms with Crippen molar-refractivity contribution in [1.29, 1.82) is 0 Å². The summed E-state index contributed by atoms with van der Waals surface area (Å²) in [5.41, 5.74) is 5.45. The fourth-order valence-corrected chi connectivity index (χ4v) is 4.57. The minimum Gasteiger partial charge on any atom is -0.370 e. The van der Waals surface area contributed by atoms with Gasteiger partial charge in [0.15, 0.2) is 0 Å². The maximum atomic E-state index is 13.5. The molecule has 0 spiro atoms. The molecule has 4 aromatic rings. The van der Waals surface area contributed by atoms with Crippen LogP contribution in [-0.2, 0) is 0 Å². The minimum atomic E-state index is -0.276. The van der Waals surface area contributed by atoms with Gasteiger partial charge in [-0.2, -0.15) is 5.21 Å². The van der Waals surface area contributed by atoms with Crippen molar-refractivity contribution >= 4 is 28.9 Å². The topological polar surface area (TPSA) is 103 Å². The van der Waals surface area contributed by atoms with Gasteiger partial charge in [-0.3, -0.25) is 10.2 Å². The summed E-state index contributed by atoms with van der Waals surface area (Å²) < 4.78 is 0. The number of H-pyrrole nitrogens is 1. The van der Waals surface area contributed by atoms with Crippen molar-refractivity contribution in [3.63, 3.8) is 0 Å². The first-order valence-electron chi connectivity index (χ1n) is 12.2. The smallest absolute Gasteiger partial charge is 0.332 e. The molecule has 2 N–H and O–H groups in total. The van der Waals surface area contributed by atoms with Gasteiger partial charge in [0.1, 0.15) is 5.82 Å². The summed E-state index contributed by atoms with van der Waals surface area (Å²) in [6, 6.07) is 17.4. The summed E-state index contributed by atoms with van der Waals surface area (Å²) in [7, 11) is 0. The SMILES string of the molecule is CC(C)CN(CC(C)C)c1cc(-c2ccccc2)c2c(c1-c1nn[nH]n1)N2C(=O)Nc1ccccn1. The maximum absolute atomic E-state index is 13.5. The Labute approximate surface area is 210 Å². The normalized spacial score (nSPS) is 12.1. The third-order valence-corrected chi connectivity index (χ3v) is 5.92. The zero-order valence-electron chi connectivity index (χ0n) is 20.9. The second-order valence-electron chi connectivity index (χ2n) is 9.79. The molecule has 0 radical (unpaired) electrons. The van der Waals surface area contributed by atoms with Gasteiger partial charge in [0.2, 0.25) is 5.82 Å². The lowest BCUT2D eigenvalue weighted by atomic mass is 10.00. The summed E-state index contributed by atoms with van der Waals surface area (Å²) in [6.07, 6.45) is 1.65. The number of amides is 2. The molecule has 0 aliphatic carbocycles. The second kappa shape index (κ2) is 9.77. The number of aromatic amines is 1. The van der Waals surface area contributed by atoms with Gasteiger partial charge >= 0.3 is 6.03 Å².